The molecule has 0 aromatic heterocycles. The Hall–Kier alpha value is -4.34. The number of carbonyl (C=O) groups is 4. The van der Waals surface area contributed by atoms with Crippen LogP contribution < -0.4 is 9.64 Å². The Morgan fingerprint density at radius 3 is 2.43 bits per heavy atom. The van der Waals surface area contributed by atoms with Crippen LogP contribution in [-0.2, 0) is 25.7 Å². The average Bonchev–Trinajstić information content (AvgIpc) is 3.41. The molecule has 8 nitrogen and oxygen atoms in total. The number of aliphatic hydroxyl groups excluding tert-OH is 1. The van der Waals surface area contributed by atoms with Crippen molar-refractivity contribution in [1.82, 2.24) is 4.90 Å². The van der Waals surface area contributed by atoms with Crippen LogP contribution >= 0.6 is 11.6 Å². The topological polar surface area (TPSA) is 104 Å². The first-order valence-electron chi connectivity index (χ1n) is 15.4. The highest BCUT2D eigenvalue weighted by molar-refractivity contribution is 6.31. The summed E-state index contributed by atoms with van der Waals surface area (Å²) in [5.41, 5.74) is 1.17. The molecule has 4 aliphatic rings. The number of allylic oxidation sites excluding steroid dienone is 2. The molecule has 3 fully saturated rings. The molecule has 2 heterocycles. The van der Waals surface area contributed by atoms with Gasteiger partial charge in [0.25, 0.3) is 0 Å². The molecule has 10 heteroatoms. The number of anilines is 1. The van der Waals surface area contributed by atoms with Crippen LogP contribution in [0.3, 0.4) is 0 Å². The Labute approximate surface area is 270 Å². The van der Waals surface area contributed by atoms with Gasteiger partial charge in [-0.15, -0.1) is 0 Å². The molecule has 0 radical (unpaired) electrons. The van der Waals surface area contributed by atoms with Gasteiger partial charge in [0.05, 0.1) is 47.0 Å². The zero-order valence-electron chi connectivity index (χ0n) is 25.1. The zero-order valence-corrected chi connectivity index (χ0v) is 25.8. The number of fused-ring (bicyclic) bond motifs is 4. The van der Waals surface area contributed by atoms with Crippen molar-refractivity contribution in [2.45, 2.75) is 32.2 Å². The van der Waals surface area contributed by atoms with Crippen molar-refractivity contribution in [3.05, 3.63) is 106 Å². The normalized spacial score (nSPS) is 28.6. The second kappa shape index (κ2) is 11.5. The van der Waals surface area contributed by atoms with E-state index in [0.717, 1.165) is 22.1 Å². The van der Waals surface area contributed by atoms with Gasteiger partial charge in [-0.25, -0.2) is 9.29 Å². The molecule has 2 aliphatic carbocycles. The van der Waals surface area contributed by atoms with Gasteiger partial charge in [-0.2, -0.15) is 0 Å². The Morgan fingerprint density at radius 2 is 1.70 bits per heavy atom. The highest BCUT2D eigenvalue weighted by Gasteiger charge is 2.68. The number of hydrogen-bond acceptors (Lipinski definition) is 6. The first-order chi connectivity index (χ1) is 22.2. The number of carbonyl (C=O) groups excluding carboxylic acids is 4. The molecule has 1 saturated carbocycles. The lowest BCUT2D eigenvalue weighted by Gasteiger charge is -2.49. The molecule has 1 N–H and O–H groups in total. The summed E-state index contributed by atoms with van der Waals surface area (Å²) in [7, 11) is 0. The zero-order chi connectivity index (χ0) is 32.3. The van der Waals surface area contributed by atoms with Crippen LogP contribution in [0.5, 0.6) is 5.75 Å². The van der Waals surface area contributed by atoms with Gasteiger partial charge in [-0.05, 0) is 55.5 Å². The smallest absolute Gasteiger partial charge is 0.241 e. The number of para-hydroxylation sites is 1. The van der Waals surface area contributed by atoms with E-state index >= 15 is 0 Å². The van der Waals surface area contributed by atoms with E-state index in [1.807, 2.05) is 48.5 Å². The number of halogens is 2. The van der Waals surface area contributed by atoms with Crippen molar-refractivity contribution >= 4 is 40.9 Å². The molecule has 6 unspecified atom stereocenters. The first kappa shape index (κ1) is 30.3. The molecule has 3 aromatic rings. The summed E-state index contributed by atoms with van der Waals surface area (Å²) in [5, 5.41) is 9.31. The summed E-state index contributed by atoms with van der Waals surface area (Å²) in [6.07, 6.45) is 2.49. The predicted molar refractivity (Wildman–Crippen MR) is 167 cm³/mol. The van der Waals surface area contributed by atoms with E-state index in [2.05, 4.69) is 0 Å². The van der Waals surface area contributed by atoms with E-state index < -0.39 is 52.6 Å². The van der Waals surface area contributed by atoms with Gasteiger partial charge in [0, 0.05) is 11.5 Å². The van der Waals surface area contributed by atoms with Gasteiger partial charge in [0.1, 0.15) is 18.2 Å². The number of amides is 4. The summed E-state index contributed by atoms with van der Waals surface area (Å²) < 4.78 is 20.1. The third-order valence-electron chi connectivity index (χ3n) is 10.3. The van der Waals surface area contributed by atoms with Crippen LogP contribution in [0.2, 0.25) is 5.02 Å². The van der Waals surface area contributed by atoms with E-state index in [-0.39, 0.29) is 48.7 Å². The van der Waals surface area contributed by atoms with E-state index in [9.17, 15) is 28.7 Å². The third-order valence-corrected chi connectivity index (χ3v) is 10.6. The fourth-order valence-corrected chi connectivity index (χ4v) is 8.40. The maximum Gasteiger partial charge on any atom is 0.241 e. The van der Waals surface area contributed by atoms with Gasteiger partial charge in [-0.1, -0.05) is 71.8 Å². The fourth-order valence-electron chi connectivity index (χ4n) is 8.22. The monoisotopic (exact) mass is 642 g/mol. The highest BCUT2D eigenvalue weighted by atomic mass is 35.5. The fraction of sp³-hybridized carbons (Fsp3) is 0.333. The van der Waals surface area contributed by atoms with Crippen LogP contribution in [-0.4, -0.2) is 46.8 Å². The minimum Gasteiger partial charge on any atom is -0.491 e. The van der Waals surface area contributed by atoms with Crippen LogP contribution in [0.15, 0.2) is 84.4 Å². The molecule has 6 atom stereocenters. The average molecular weight is 643 g/mol. The van der Waals surface area contributed by atoms with Crippen LogP contribution in [0.1, 0.15) is 36.8 Å². The number of likely N-dealkylation sites (tertiary alicyclic amines) is 1. The van der Waals surface area contributed by atoms with Crippen LogP contribution in [0.25, 0.3) is 0 Å². The minimum atomic E-state index is -1.30. The Kier molecular flexibility index (Phi) is 7.56. The third kappa shape index (κ3) is 4.51. The molecule has 2 aliphatic heterocycles. The largest absolute Gasteiger partial charge is 0.491 e. The Bertz CT molecular complexity index is 1800. The first-order valence-corrected chi connectivity index (χ1v) is 15.8. The molecule has 7 rings (SSSR count). The summed E-state index contributed by atoms with van der Waals surface area (Å²) in [6.45, 7) is 1.72. The summed E-state index contributed by atoms with van der Waals surface area (Å²) in [6, 6.07) is 20.3. The second-order valence-electron chi connectivity index (χ2n) is 12.6. The van der Waals surface area contributed by atoms with Crippen molar-refractivity contribution < 1.29 is 33.4 Å². The molecule has 46 heavy (non-hydrogen) atoms. The van der Waals surface area contributed by atoms with Crippen molar-refractivity contribution in [2.24, 2.45) is 29.1 Å². The lowest BCUT2D eigenvalue weighted by molar-refractivity contribution is -0.141. The summed E-state index contributed by atoms with van der Waals surface area (Å²) in [4.78, 5) is 59.2. The molecule has 4 amide bonds. The number of imide groups is 2. The lowest BCUT2D eigenvalue weighted by atomic mass is 9.51. The maximum absolute atomic E-state index is 14.6. The van der Waals surface area contributed by atoms with Crippen LogP contribution in [0, 0.1) is 34.9 Å². The van der Waals surface area contributed by atoms with Gasteiger partial charge in [0.15, 0.2) is 0 Å². The van der Waals surface area contributed by atoms with Gasteiger partial charge < -0.3 is 9.84 Å². The number of benzene rings is 3. The SMILES string of the molecule is CC12C(=O)N(c3ccc(F)c(Cl)c3)C(=O)C1CC1C(=CCC3C(=O)N(Cc4ccccc4)C(=O)C31)C2c1ccccc1OCCO. The van der Waals surface area contributed by atoms with Crippen molar-refractivity contribution in [3.8, 4) is 5.75 Å². The number of aliphatic hydroxyl groups is 1. The minimum absolute atomic E-state index is 0.0194. The van der Waals surface area contributed by atoms with Gasteiger partial charge in [0.2, 0.25) is 23.6 Å². The summed E-state index contributed by atoms with van der Waals surface area (Å²) in [5.74, 6) is -4.95. The van der Waals surface area contributed by atoms with E-state index in [1.54, 1.807) is 19.1 Å². The second-order valence-corrected chi connectivity index (χ2v) is 13.0. The van der Waals surface area contributed by atoms with Gasteiger partial charge in [-0.3, -0.25) is 24.1 Å². The number of ether oxygens (including phenoxy) is 1. The number of nitrogens with zero attached hydrogens (tertiary/aromatic N) is 2. The van der Waals surface area contributed by atoms with Gasteiger partial charge >= 0.3 is 0 Å². The Morgan fingerprint density at radius 1 is 0.957 bits per heavy atom. The molecule has 236 valence electrons. The van der Waals surface area contributed by atoms with E-state index in [4.69, 9.17) is 16.3 Å². The molecule has 3 aromatic carbocycles. The lowest BCUT2D eigenvalue weighted by Crippen LogP contribution is -2.49. The van der Waals surface area contributed by atoms with Crippen molar-refractivity contribution in [1.29, 1.82) is 0 Å². The molecular formula is C36H32ClFN2O6. The molecule has 0 spiro atoms. The quantitative estimate of drug-likeness (QED) is 0.278. The molecular weight excluding hydrogens is 611 g/mol. The number of rotatable bonds is 7. The summed E-state index contributed by atoms with van der Waals surface area (Å²) >= 11 is 6.09. The molecule has 0 bridgehead atoms. The van der Waals surface area contributed by atoms with Crippen molar-refractivity contribution in [3.63, 3.8) is 0 Å². The highest BCUT2D eigenvalue weighted by Crippen LogP contribution is 2.64. The number of hydrogen-bond donors (Lipinski definition) is 1. The molecule has 2 saturated heterocycles. The van der Waals surface area contributed by atoms with E-state index in [1.165, 1.54) is 17.0 Å². The predicted octanol–water partition coefficient (Wildman–Crippen LogP) is 5.28. The van der Waals surface area contributed by atoms with E-state index in [0.29, 0.717) is 17.7 Å². The Balaban J connectivity index is 1.35. The maximum atomic E-state index is 14.6. The van der Waals surface area contributed by atoms with Crippen LogP contribution in [0.4, 0.5) is 10.1 Å². The van der Waals surface area contributed by atoms with Crippen molar-refractivity contribution in [2.75, 3.05) is 18.1 Å². The standard InChI is InChI=1S/C36H32ClFN2O6/c1-36-26(33(43)40(35(36)45)21-11-14-28(38)27(37)17-21)18-25-22(31(36)23-9-5-6-10-29(23)46-16-15-41)12-13-24-30(25)34(44)39(32(24)42)19-20-7-3-2-4-8-20/h2-12,14,17,24-26,30-31,41H,13,15-16,18-19H2,1H3.